The van der Waals surface area contributed by atoms with Crippen LogP contribution in [0.5, 0.6) is 0 Å². The Kier molecular flexibility index (Phi) is 2.94. The average molecular weight is 269 g/mol. The minimum atomic E-state index is 0.670. The van der Waals surface area contributed by atoms with Crippen LogP contribution in [0, 0.1) is 18.3 Å². The minimum absolute atomic E-state index is 0.670. The van der Waals surface area contributed by atoms with Gasteiger partial charge in [-0.15, -0.1) is 11.3 Å². The quantitative estimate of drug-likeness (QED) is 0.787. The summed E-state index contributed by atoms with van der Waals surface area (Å²) >= 11 is 1.58. The second-order valence-corrected chi connectivity index (χ2v) is 5.18. The molecule has 1 N–H and O–H groups in total. The van der Waals surface area contributed by atoms with Crippen LogP contribution < -0.4 is 5.32 Å². The van der Waals surface area contributed by atoms with Gasteiger partial charge in [-0.3, -0.25) is 0 Å². The number of nitrogens with zero attached hydrogens (tertiary/aromatic N) is 2. The highest BCUT2D eigenvalue weighted by atomic mass is 32.1. The number of rotatable bonds is 3. The third-order valence-electron chi connectivity index (χ3n) is 2.74. The standard InChI is InChI=1S/C14H11N3OS/c1-9-17-13-5-11(2-3-14(13)18-9)16-7-12-4-10(6-15)8-19-12/h2-5,8,16H,7H2,1H3. The van der Waals surface area contributed by atoms with Crippen LogP contribution in [0.4, 0.5) is 5.69 Å². The lowest BCUT2D eigenvalue weighted by atomic mass is 10.3. The molecular weight excluding hydrogens is 258 g/mol. The Balaban J connectivity index is 1.76. The summed E-state index contributed by atoms with van der Waals surface area (Å²) in [6.07, 6.45) is 0. The summed E-state index contributed by atoms with van der Waals surface area (Å²) in [4.78, 5) is 5.43. The first-order chi connectivity index (χ1) is 9.24. The molecule has 4 nitrogen and oxygen atoms in total. The Morgan fingerprint density at radius 1 is 1.42 bits per heavy atom. The predicted octanol–water partition coefficient (Wildman–Crippen LogP) is 3.68. The first kappa shape index (κ1) is 11.8. The van der Waals surface area contributed by atoms with E-state index in [0.29, 0.717) is 18.0 Å². The molecule has 94 valence electrons. The molecule has 3 aromatic rings. The fourth-order valence-corrected chi connectivity index (χ4v) is 2.62. The average Bonchev–Trinajstić information content (AvgIpc) is 3.00. The summed E-state index contributed by atoms with van der Waals surface area (Å²) in [5.41, 5.74) is 3.36. The van der Waals surface area contributed by atoms with Gasteiger partial charge in [0.05, 0.1) is 5.56 Å². The highest BCUT2D eigenvalue weighted by Crippen LogP contribution is 2.21. The number of hydrogen-bond donors (Lipinski definition) is 1. The highest BCUT2D eigenvalue weighted by molar-refractivity contribution is 7.10. The maximum atomic E-state index is 8.77. The zero-order valence-electron chi connectivity index (χ0n) is 10.3. The fourth-order valence-electron chi connectivity index (χ4n) is 1.87. The Bertz CT molecular complexity index is 766. The van der Waals surface area contributed by atoms with Crippen LogP contribution in [0.15, 0.2) is 34.1 Å². The summed E-state index contributed by atoms with van der Waals surface area (Å²) in [5.74, 6) is 0.670. The van der Waals surface area contributed by atoms with Gasteiger partial charge in [0.25, 0.3) is 0 Å². The molecule has 0 aliphatic rings. The van der Waals surface area contributed by atoms with Gasteiger partial charge in [0.2, 0.25) is 0 Å². The molecule has 1 aromatic carbocycles. The van der Waals surface area contributed by atoms with Gasteiger partial charge in [-0.1, -0.05) is 0 Å². The van der Waals surface area contributed by atoms with Crippen LogP contribution in [0.25, 0.3) is 11.1 Å². The van der Waals surface area contributed by atoms with Gasteiger partial charge >= 0.3 is 0 Å². The van der Waals surface area contributed by atoms with Gasteiger partial charge in [0.1, 0.15) is 11.6 Å². The maximum Gasteiger partial charge on any atom is 0.192 e. The summed E-state index contributed by atoms with van der Waals surface area (Å²) in [7, 11) is 0. The van der Waals surface area contributed by atoms with E-state index < -0.39 is 0 Å². The monoisotopic (exact) mass is 269 g/mol. The zero-order valence-corrected chi connectivity index (χ0v) is 11.1. The van der Waals surface area contributed by atoms with E-state index in [9.17, 15) is 0 Å². The van der Waals surface area contributed by atoms with Crippen molar-refractivity contribution >= 4 is 28.1 Å². The van der Waals surface area contributed by atoms with Crippen molar-refractivity contribution in [2.75, 3.05) is 5.32 Å². The number of aryl methyl sites for hydroxylation is 1. The molecule has 0 fully saturated rings. The van der Waals surface area contributed by atoms with Gasteiger partial charge in [-0.25, -0.2) is 4.98 Å². The Labute approximate surface area is 114 Å². The van der Waals surface area contributed by atoms with E-state index in [4.69, 9.17) is 9.68 Å². The normalized spacial score (nSPS) is 10.5. The molecule has 0 bridgehead atoms. The molecule has 0 radical (unpaired) electrons. The van der Waals surface area contributed by atoms with E-state index in [1.54, 1.807) is 11.3 Å². The predicted molar refractivity (Wildman–Crippen MR) is 75.1 cm³/mol. The van der Waals surface area contributed by atoms with Crippen molar-refractivity contribution in [1.82, 2.24) is 4.98 Å². The largest absolute Gasteiger partial charge is 0.441 e. The third-order valence-corrected chi connectivity index (χ3v) is 3.68. The highest BCUT2D eigenvalue weighted by Gasteiger charge is 2.04. The number of benzene rings is 1. The minimum Gasteiger partial charge on any atom is -0.441 e. The lowest BCUT2D eigenvalue weighted by molar-refractivity contribution is 0.561. The molecule has 0 atom stereocenters. The van der Waals surface area contributed by atoms with Crippen molar-refractivity contribution in [3.05, 3.63) is 46.0 Å². The van der Waals surface area contributed by atoms with Crippen LogP contribution in [-0.2, 0) is 6.54 Å². The molecular formula is C14H11N3OS. The molecule has 0 saturated carbocycles. The van der Waals surface area contributed by atoms with Crippen molar-refractivity contribution in [1.29, 1.82) is 5.26 Å². The molecule has 2 heterocycles. The van der Waals surface area contributed by atoms with Crippen LogP contribution in [-0.4, -0.2) is 4.98 Å². The van der Waals surface area contributed by atoms with E-state index in [1.807, 2.05) is 36.6 Å². The number of aromatic nitrogens is 1. The number of thiophene rings is 1. The first-order valence-corrected chi connectivity index (χ1v) is 6.71. The van der Waals surface area contributed by atoms with Gasteiger partial charge in [0.15, 0.2) is 11.5 Å². The van der Waals surface area contributed by atoms with E-state index in [-0.39, 0.29) is 0 Å². The van der Waals surface area contributed by atoms with E-state index in [2.05, 4.69) is 16.4 Å². The number of fused-ring (bicyclic) bond motifs is 1. The van der Waals surface area contributed by atoms with Crippen LogP contribution in [0.3, 0.4) is 0 Å². The van der Waals surface area contributed by atoms with Crippen molar-refractivity contribution in [3.8, 4) is 6.07 Å². The second-order valence-electron chi connectivity index (χ2n) is 4.18. The smallest absolute Gasteiger partial charge is 0.192 e. The molecule has 0 unspecified atom stereocenters. The summed E-state index contributed by atoms with van der Waals surface area (Å²) in [5, 5.41) is 14.0. The lowest BCUT2D eigenvalue weighted by Gasteiger charge is -2.03. The Morgan fingerprint density at radius 3 is 3.11 bits per heavy atom. The van der Waals surface area contributed by atoms with Gasteiger partial charge in [-0.2, -0.15) is 5.26 Å². The number of nitriles is 1. The van der Waals surface area contributed by atoms with Crippen molar-refractivity contribution in [2.24, 2.45) is 0 Å². The van der Waals surface area contributed by atoms with Crippen LogP contribution in [0.1, 0.15) is 16.3 Å². The molecule has 0 aliphatic carbocycles. The van der Waals surface area contributed by atoms with Crippen molar-refractivity contribution in [2.45, 2.75) is 13.5 Å². The molecule has 2 aromatic heterocycles. The van der Waals surface area contributed by atoms with Gasteiger partial charge in [0, 0.05) is 29.4 Å². The topological polar surface area (TPSA) is 61.9 Å². The Hall–Kier alpha value is -2.32. The van der Waals surface area contributed by atoms with Crippen LogP contribution in [0.2, 0.25) is 0 Å². The van der Waals surface area contributed by atoms with Gasteiger partial charge < -0.3 is 9.73 Å². The molecule has 0 amide bonds. The SMILES string of the molecule is Cc1nc2cc(NCc3cc(C#N)cs3)ccc2o1. The van der Waals surface area contributed by atoms with Crippen molar-refractivity contribution < 1.29 is 4.42 Å². The molecule has 3 rings (SSSR count). The van der Waals surface area contributed by atoms with Crippen molar-refractivity contribution in [3.63, 3.8) is 0 Å². The molecule has 19 heavy (non-hydrogen) atoms. The van der Waals surface area contributed by atoms with Gasteiger partial charge in [-0.05, 0) is 24.3 Å². The number of oxazole rings is 1. The summed E-state index contributed by atoms with van der Waals surface area (Å²) in [6, 6.07) is 9.87. The summed E-state index contributed by atoms with van der Waals surface area (Å²) in [6.45, 7) is 2.54. The summed E-state index contributed by atoms with van der Waals surface area (Å²) < 4.78 is 5.43. The maximum absolute atomic E-state index is 8.77. The lowest BCUT2D eigenvalue weighted by Crippen LogP contribution is -1.96. The molecule has 0 aliphatic heterocycles. The molecule has 0 spiro atoms. The van der Waals surface area contributed by atoms with E-state index in [1.165, 1.54) is 0 Å². The number of anilines is 1. The number of hydrogen-bond acceptors (Lipinski definition) is 5. The molecule has 0 saturated heterocycles. The molecule has 5 heteroatoms. The van der Waals surface area contributed by atoms with E-state index >= 15 is 0 Å². The second kappa shape index (κ2) is 4.75. The van der Waals surface area contributed by atoms with E-state index in [0.717, 1.165) is 21.7 Å². The first-order valence-electron chi connectivity index (χ1n) is 5.83. The Morgan fingerprint density at radius 2 is 2.32 bits per heavy atom. The van der Waals surface area contributed by atoms with Crippen LogP contribution >= 0.6 is 11.3 Å². The zero-order chi connectivity index (χ0) is 13.2. The fraction of sp³-hybridized carbons (Fsp3) is 0.143. The number of nitrogens with one attached hydrogen (secondary N) is 1. The third kappa shape index (κ3) is 2.44.